The van der Waals surface area contributed by atoms with Crippen molar-refractivity contribution in [2.75, 3.05) is 5.32 Å². The van der Waals surface area contributed by atoms with Crippen LogP contribution in [0, 0.1) is 11.8 Å². The minimum atomic E-state index is -0.320. The van der Waals surface area contributed by atoms with Gasteiger partial charge in [-0.3, -0.25) is 4.79 Å². The molecular weight excluding hydrogens is 382 g/mol. The first kappa shape index (κ1) is 19.3. The van der Waals surface area contributed by atoms with Crippen molar-refractivity contribution in [2.45, 2.75) is 11.8 Å². The summed E-state index contributed by atoms with van der Waals surface area (Å²) < 4.78 is 0. The molecule has 31 heavy (non-hydrogen) atoms. The molecule has 1 saturated carbocycles. The Kier molecular flexibility index (Phi) is 5.09. The van der Waals surface area contributed by atoms with Crippen LogP contribution in [0.5, 0.6) is 0 Å². The van der Waals surface area contributed by atoms with Crippen molar-refractivity contribution in [1.29, 1.82) is 0 Å². The number of aldehydes is 1. The van der Waals surface area contributed by atoms with Crippen molar-refractivity contribution < 1.29 is 9.59 Å². The first-order valence-electron chi connectivity index (χ1n) is 10.6. The lowest BCUT2D eigenvalue weighted by atomic mass is 9.52. The third-order valence-electron chi connectivity index (χ3n) is 6.48. The maximum atomic E-state index is 13.6. The molecule has 5 rings (SSSR count). The summed E-state index contributed by atoms with van der Waals surface area (Å²) in [4.78, 5) is 25.8. The molecular formula is C28H23NO2. The second-order valence-electron chi connectivity index (χ2n) is 8.13. The van der Waals surface area contributed by atoms with Crippen molar-refractivity contribution >= 4 is 28.7 Å². The molecule has 0 aromatic heterocycles. The highest BCUT2D eigenvalue weighted by Crippen LogP contribution is 2.56. The quantitative estimate of drug-likeness (QED) is 0.427. The first-order chi connectivity index (χ1) is 15.3. The van der Waals surface area contributed by atoms with Gasteiger partial charge in [0.05, 0.1) is 5.92 Å². The van der Waals surface area contributed by atoms with Crippen molar-refractivity contribution in [3.8, 4) is 0 Å². The van der Waals surface area contributed by atoms with Gasteiger partial charge in [-0.15, -0.1) is 0 Å². The third-order valence-corrected chi connectivity index (χ3v) is 6.48. The van der Waals surface area contributed by atoms with Crippen LogP contribution in [0.1, 0.15) is 23.0 Å². The van der Waals surface area contributed by atoms with E-state index in [0.29, 0.717) is 0 Å². The standard InChI is InChI=1S/C28H23NO2/c30-18-23-25(20-11-3-1-4-12-20)27(26(23)21-13-5-2-6-14-21)28(31)29-24-17-9-15-19-10-7-8-16-22(19)24/h1-18,23,25-27H,(H,29,31)/t23?,25-,26-,27?/m1/s1. The number of amides is 1. The van der Waals surface area contributed by atoms with Crippen LogP contribution in [0.15, 0.2) is 103 Å². The molecule has 0 spiro atoms. The summed E-state index contributed by atoms with van der Waals surface area (Å²) in [5.41, 5.74) is 2.87. The SMILES string of the molecule is O=CC1[C@@H](c2ccccc2)C(C(=O)Nc2cccc3ccccc23)[C@@H]1c1ccccc1. The van der Waals surface area contributed by atoms with Crippen molar-refractivity contribution in [2.24, 2.45) is 11.8 Å². The number of carbonyl (C=O) groups excluding carboxylic acids is 2. The van der Waals surface area contributed by atoms with Crippen LogP contribution in [-0.2, 0) is 9.59 Å². The molecule has 0 aliphatic heterocycles. The summed E-state index contributed by atoms with van der Waals surface area (Å²) in [6.45, 7) is 0. The molecule has 3 heteroatoms. The van der Waals surface area contributed by atoms with Gasteiger partial charge < -0.3 is 10.1 Å². The zero-order chi connectivity index (χ0) is 21.2. The number of anilines is 1. The zero-order valence-electron chi connectivity index (χ0n) is 17.0. The first-order valence-corrected chi connectivity index (χ1v) is 10.6. The summed E-state index contributed by atoms with van der Waals surface area (Å²) in [6.07, 6.45) is 1.02. The summed E-state index contributed by atoms with van der Waals surface area (Å²) in [5, 5.41) is 5.27. The van der Waals surface area contributed by atoms with Crippen LogP contribution in [-0.4, -0.2) is 12.2 Å². The van der Waals surface area contributed by atoms with E-state index in [1.807, 2.05) is 103 Å². The Balaban J connectivity index is 1.53. The average Bonchev–Trinajstić information content (AvgIpc) is 2.80. The van der Waals surface area contributed by atoms with Gasteiger partial charge in [-0.1, -0.05) is 97.1 Å². The van der Waals surface area contributed by atoms with E-state index in [0.717, 1.165) is 33.9 Å². The van der Waals surface area contributed by atoms with Gasteiger partial charge >= 0.3 is 0 Å². The molecule has 0 unspecified atom stereocenters. The molecule has 3 nitrogen and oxygen atoms in total. The Morgan fingerprint density at radius 2 is 1.23 bits per heavy atom. The van der Waals surface area contributed by atoms with E-state index in [4.69, 9.17) is 0 Å². The highest BCUT2D eigenvalue weighted by atomic mass is 16.2. The van der Waals surface area contributed by atoms with Crippen molar-refractivity contribution in [3.63, 3.8) is 0 Å². The largest absolute Gasteiger partial charge is 0.325 e. The van der Waals surface area contributed by atoms with Crippen LogP contribution < -0.4 is 5.32 Å². The second kappa shape index (κ2) is 8.19. The van der Waals surface area contributed by atoms with Gasteiger partial charge in [0.2, 0.25) is 5.91 Å². The molecule has 0 radical (unpaired) electrons. The summed E-state index contributed by atoms with van der Waals surface area (Å²) in [7, 11) is 0. The molecule has 1 amide bonds. The third kappa shape index (κ3) is 3.42. The van der Waals surface area contributed by atoms with Gasteiger partial charge in [0, 0.05) is 28.8 Å². The number of hydrogen-bond donors (Lipinski definition) is 1. The summed E-state index contributed by atoms with van der Waals surface area (Å²) in [5.74, 6) is -0.873. The molecule has 2 atom stereocenters. The van der Waals surface area contributed by atoms with Crippen molar-refractivity contribution in [1.82, 2.24) is 0 Å². The molecule has 0 saturated heterocycles. The van der Waals surface area contributed by atoms with Gasteiger partial charge in [0.15, 0.2) is 0 Å². The fourth-order valence-corrected chi connectivity index (χ4v) is 5.04. The number of benzene rings is 4. The maximum Gasteiger partial charge on any atom is 0.228 e. The fraction of sp³-hybridized carbons (Fsp3) is 0.143. The molecule has 4 aromatic rings. The van der Waals surface area contributed by atoms with Crippen LogP contribution >= 0.6 is 0 Å². The highest BCUT2D eigenvalue weighted by molar-refractivity contribution is 6.04. The topological polar surface area (TPSA) is 46.2 Å². The van der Waals surface area contributed by atoms with E-state index in [1.165, 1.54) is 0 Å². The minimum absolute atomic E-state index is 0.0443. The molecule has 4 aromatic carbocycles. The van der Waals surface area contributed by atoms with Crippen molar-refractivity contribution in [3.05, 3.63) is 114 Å². The molecule has 1 N–H and O–H groups in total. The Labute approximate surface area is 181 Å². The Morgan fingerprint density at radius 3 is 1.84 bits per heavy atom. The van der Waals surface area contributed by atoms with E-state index in [9.17, 15) is 9.59 Å². The molecule has 1 aliphatic rings. The van der Waals surface area contributed by atoms with E-state index >= 15 is 0 Å². The number of fused-ring (bicyclic) bond motifs is 1. The predicted octanol–water partition coefficient (Wildman–Crippen LogP) is 5.79. The van der Waals surface area contributed by atoms with Gasteiger partial charge in [0.25, 0.3) is 0 Å². The van der Waals surface area contributed by atoms with Crippen LogP contribution in [0.25, 0.3) is 10.8 Å². The van der Waals surface area contributed by atoms with Crippen LogP contribution in [0.3, 0.4) is 0 Å². The van der Waals surface area contributed by atoms with Gasteiger partial charge in [-0.25, -0.2) is 0 Å². The monoisotopic (exact) mass is 405 g/mol. The lowest BCUT2D eigenvalue weighted by Crippen LogP contribution is -2.50. The van der Waals surface area contributed by atoms with E-state index in [1.54, 1.807) is 0 Å². The molecule has 0 bridgehead atoms. The molecule has 1 aliphatic carbocycles. The second-order valence-corrected chi connectivity index (χ2v) is 8.13. The Hall–Kier alpha value is -3.72. The van der Waals surface area contributed by atoms with E-state index < -0.39 is 0 Å². The predicted molar refractivity (Wildman–Crippen MR) is 124 cm³/mol. The normalized spacial score (nSPS) is 22.5. The van der Waals surface area contributed by atoms with Crippen LogP contribution in [0.2, 0.25) is 0 Å². The molecule has 0 heterocycles. The number of carbonyl (C=O) groups is 2. The lowest BCUT2D eigenvalue weighted by molar-refractivity contribution is -0.130. The van der Waals surface area contributed by atoms with E-state index in [-0.39, 0.29) is 29.6 Å². The smallest absolute Gasteiger partial charge is 0.228 e. The highest BCUT2D eigenvalue weighted by Gasteiger charge is 2.54. The fourth-order valence-electron chi connectivity index (χ4n) is 5.04. The Morgan fingerprint density at radius 1 is 0.677 bits per heavy atom. The number of nitrogens with one attached hydrogen (secondary N) is 1. The maximum absolute atomic E-state index is 13.6. The number of rotatable bonds is 5. The van der Waals surface area contributed by atoms with Crippen LogP contribution in [0.4, 0.5) is 5.69 Å². The Bertz CT molecular complexity index is 1170. The minimum Gasteiger partial charge on any atom is -0.325 e. The summed E-state index contributed by atoms with van der Waals surface area (Å²) >= 11 is 0. The summed E-state index contributed by atoms with van der Waals surface area (Å²) in [6, 6.07) is 33.8. The van der Waals surface area contributed by atoms with Gasteiger partial charge in [-0.05, 0) is 22.6 Å². The number of hydrogen-bond acceptors (Lipinski definition) is 2. The molecule has 1 fully saturated rings. The lowest BCUT2D eigenvalue weighted by Gasteiger charge is -2.49. The van der Waals surface area contributed by atoms with Gasteiger partial charge in [-0.2, -0.15) is 0 Å². The van der Waals surface area contributed by atoms with Gasteiger partial charge in [0.1, 0.15) is 6.29 Å². The van der Waals surface area contributed by atoms with E-state index in [2.05, 4.69) is 5.32 Å². The molecule has 152 valence electrons. The zero-order valence-corrected chi connectivity index (χ0v) is 17.0. The average molecular weight is 405 g/mol.